The van der Waals surface area contributed by atoms with Crippen molar-refractivity contribution < 1.29 is 9.16 Å². The Hall–Kier alpha value is 0.137. The van der Waals surface area contributed by atoms with Crippen LogP contribution in [-0.2, 0) is 9.16 Å². The summed E-state index contributed by atoms with van der Waals surface area (Å²) in [5, 5.41) is 0. The van der Waals surface area contributed by atoms with Crippen molar-refractivity contribution in [3.8, 4) is 0 Å². The Balaban J connectivity index is 1.48. The van der Waals surface area contributed by atoms with E-state index in [4.69, 9.17) is 9.16 Å². The molecule has 3 aliphatic rings. The maximum absolute atomic E-state index is 6.49. The van der Waals surface area contributed by atoms with Gasteiger partial charge in [-0.05, 0) is 43.9 Å². The summed E-state index contributed by atoms with van der Waals surface area (Å²) in [7, 11) is -0.453. The summed E-state index contributed by atoms with van der Waals surface area (Å²) in [5.41, 5.74) is 0.535. The van der Waals surface area contributed by atoms with E-state index in [1.807, 2.05) is 0 Å². The van der Waals surface area contributed by atoms with Crippen molar-refractivity contribution >= 4 is 9.76 Å². The van der Waals surface area contributed by atoms with Gasteiger partial charge in [-0.2, -0.15) is 0 Å². The molecule has 0 aromatic heterocycles. The fraction of sp³-hybridized carbons (Fsp3) is 1.00. The molecule has 0 radical (unpaired) electrons. The third-order valence-corrected chi connectivity index (χ3v) is 7.12. The molecule has 1 heterocycles. The number of hydrogen-bond donors (Lipinski definition) is 0. The second kappa shape index (κ2) is 7.23. The molecule has 2 aliphatic carbocycles. The van der Waals surface area contributed by atoms with E-state index in [0.29, 0.717) is 11.8 Å². The van der Waals surface area contributed by atoms with E-state index in [-0.39, 0.29) is 0 Å². The molecule has 2 unspecified atom stereocenters. The zero-order valence-electron chi connectivity index (χ0n) is 12.3. The Morgan fingerprint density at radius 2 is 1.68 bits per heavy atom. The van der Waals surface area contributed by atoms with Gasteiger partial charge >= 0.3 is 0 Å². The average Bonchev–Trinajstić information content (AvgIpc) is 3.15. The first kappa shape index (κ1) is 14.1. The van der Waals surface area contributed by atoms with Gasteiger partial charge in [0, 0.05) is 12.7 Å². The molecule has 2 saturated carbocycles. The van der Waals surface area contributed by atoms with Crippen LogP contribution < -0.4 is 0 Å². The van der Waals surface area contributed by atoms with Crippen molar-refractivity contribution in [1.29, 1.82) is 0 Å². The smallest absolute Gasteiger partial charge is 0.190 e. The maximum Gasteiger partial charge on any atom is 0.190 e. The van der Waals surface area contributed by atoms with Gasteiger partial charge in [-0.25, -0.2) is 0 Å². The summed E-state index contributed by atoms with van der Waals surface area (Å²) in [6.45, 7) is 0.984. The standard InChI is InChI=1S/C16H30O2Si/c1-2-7-13(6-1)12-15(14-8-3-4-9-14)18-19-16-10-5-11-17-16/h13-16H,1-12,19H2. The van der Waals surface area contributed by atoms with Gasteiger partial charge in [0.05, 0.1) is 5.73 Å². The van der Waals surface area contributed by atoms with Gasteiger partial charge in [0.25, 0.3) is 0 Å². The quantitative estimate of drug-likeness (QED) is 0.696. The van der Waals surface area contributed by atoms with Crippen molar-refractivity contribution in [3.63, 3.8) is 0 Å². The van der Waals surface area contributed by atoms with Crippen LogP contribution in [0.25, 0.3) is 0 Å². The second-order valence-electron chi connectivity index (χ2n) is 6.94. The molecule has 3 fully saturated rings. The summed E-state index contributed by atoms with van der Waals surface area (Å²) in [4.78, 5) is 0. The third kappa shape index (κ3) is 4.05. The molecule has 3 heteroatoms. The molecule has 110 valence electrons. The number of rotatable bonds is 6. The highest BCUT2D eigenvalue weighted by Crippen LogP contribution is 2.36. The number of hydrogen-bond acceptors (Lipinski definition) is 2. The molecule has 0 aromatic carbocycles. The van der Waals surface area contributed by atoms with Gasteiger partial charge < -0.3 is 9.16 Å². The molecule has 1 aliphatic heterocycles. The van der Waals surface area contributed by atoms with Crippen LogP contribution in [0.5, 0.6) is 0 Å². The summed E-state index contributed by atoms with van der Waals surface area (Å²) >= 11 is 0. The van der Waals surface area contributed by atoms with Crippen LogP contribution in [-0.4, -0.2) is 28.2 Å². The van der Waals surface area contributed by atoms with E-state index < -0.39 is 9.76 Å². The fourth-order valence-corrected chi connectivity index (χ4v) is 5.90. The van der Waals surface area contributed by atoms with Gasteiger partial charge in [-0.1, -0.05) is 38.5 Å². The van der Waals surface area contributed by atoms with Gasteiger partial charge in [-0.3, -0.25) is 0 Å². The first-order valence-corrected chi connectivity index (χ1v) is 10.0. The molecule has 0 bridgehead atoms. The minimum absolute atomic E-state index is 0.453. The Labute approximate surface area is 120 Å². The first-order valence-electron chi connectivity index (χ1n) is 8.65. The molecular formula is C16H30O2Si. The molecular weight excluding hydrogens is 252 g/mol. The second-order valence-corrected chi connectivity index (χ2v) is 8.51. The Morgan fingerprint density at radius 1 is 0.947 bits per heavy atom. The summed E-state index contributed by atoms with van der Waals surface area (Å²) in [5.74, 6) is 1.86. The Morgan fingerprint density at radius 3 is 2.37 bits per heavy atom. The lowest BCUT2D eigenvalue weighted by atomic mass is 9.91. The lowest BCUT2D eigenvalue weighted by molar-refractivity contribution is 0.0893. The predicted octanol–water partition coefficient (Wildman–Crippen LogP) is 3.36. The molecule has 0 N–H and O–H groups in total. The molecule has 19 heavy (non-hydrogen) atoms. The number of ether oxygens (including phenoxy) is 1. The SMILES string of the molecule is C1CCC(CC(O[SiH2]C2CCCO2)C2CCCC2)C1. The summed E-state index contributed by atoms with van der Waals surface area (Å²) in [6.07, 6.45) is 16.1. The van der Waals surface area contributed by atoms with Crippen molar-refractivity contribution in [2.75, 3.05) is 6.61 Å². The third-order valence-electron chi connectivity index (χ3n) is 5.49. The summed E-state index contributed by atoms with van der Waals surface area (Å²) in [6, 6.07) is 0. The largest absolute Gasteiger partial charge is 0.418 e. The molecule has 0 amide bonds. The normalized spacial score (nSPS) is 31.9. The maximum atomic E-state index is 6.49. The van der Waals surface area contributed by atoms with Crippen LogP contribution in [0.3, 0.4) is 0 Å². The summed E-state index contributed by atoms with van der Waals surface area (Å²) < 4.78 is 12.3. The van der Waals surface area contributed by atoms with Crippen LogP contribution in [0, 0.1) is 11.8 Å². The van der Waals surface area contributed by atoms with Gasteiger partial charge in [0.2, 0.25) is 0 Å². The van der Waals surface area contributed by atoms with E-state index in [2.05, 4.69) is 0 Å². The molecule has 3 rings (SSSR count). The van der Waals surface area contributed by atoms with Gasteiger partial charge in [0.1, 0.15) is 0 Å². The average molecular weight is 282 g/mol. The lowest BCUT2D eigenvalue weighted by Crippen LogP contribution is -2.30. The van der Waals surface area contributed by atoms with E-state index in [0.717, 1.165) is 18.4 Å². The van der Waals surface area contributed by atoms with Crippen LogP contribution in [0.4, 0.5) is 0 Å². The van der Waals surface area contributed by atoms with Gasteiger partial charge in [-0.15, -0.1) is 0 Å². The minimum atomic E-state index is -0.453. The lowest BCUT2D eigenvalue weighted by Gasteiger charge is -2.28. The van der Waals surface area contributed by atoms with Crippen molar-refractivity contribution in [3.05, 3.63) is 0 Å². The van der Waals surface area contributed by atoms with Crippen LogP contribution in [0.1, 0.15) is 70.6 Å². The first-order chi connectivity index (χ1) is 9.42. The van der Waals surface area contributed by atoms with Gasteiger partial charge in [0.15, 0.2) is 9.76 Å². The van der Waals surface area contributed by atoms with Crippen LogP contribution in [0.2, 0.25) is 0 Å². The highest BCUT2D eigenvalue weighted by Gasteiger charge is 2.30. The van der Waals surface area contributed by atoms with Crippen LogP contribution in [0.15, 0.2) is 0 Å². The molecule has 1 saturated heterocycles. The highest BCUT2D eigenvalue weighted by atomic mass is 28.2. The van der Waals surface area contributed by atoms with Crippen molar-refractivity contribution in [2.24, 2.45) is 11.8 Å². The molecule has 0 aromatic rings. The molecule has 2 atom stereocenters. The topological polar surface area (TPSA) is 18.5 Å². The van der Waals surface area contributed by atoms with Crippen LogP contribution >= 0.6 is 0 Å². The molecule has 2 nitrogen and oxygen atoms in total. The van der Waals surface area contributed by atoms with E-state index in [9.17, 15) is 0 Å². The monoisotopic (exact) mass is 282 g/mol. The highest BCUT2D eigenvalue weighted by molar-refractivity contribution is 6.29. The molecule has 0 spiro atoms. The Kier molecular flexibility index (Phi) is 5.36. The van der Waals surface area contributed by atoms with Crippen molar-refractivity contribution in [1.82, 2.24) is 0 Å². The van der Waals surface area contributed by atoms with E-state index in [1.54, 1.807) is 0 Å². The van der Waals surface area contributed by atoms with E-state index >= 15 is 0 Å². The minimum Gasteiger partial charge on any atom is -0.418 e. The fourth-order valence-electron chi connectivity index (χ4n) is 4.31. The Bertz CT molecular complexity index is 253. The van der Waals surface area contributed by atoms with E-state index in [1.165, 1.54) is 70.6 Å². The zero-order chi connectivity index (χ0) is 12.9. The van der Waals surface area contributed by atoms with Crippen molar-refractivity contribution in [2.45, 2.75) is 82.5 Å². The zero-order valence-corrected chi connectivity index (χ0v) is 13.7. The predicted molar refractivity (Wildman–Crippen MR) is 80.9 cm³/mol.